The summed E-state index contributed by atoms with van der Waals surface area (Å²) in [6, 6.07) is 0. The molecule has 0 aromatic rings. The van der Waals surface area contributed by atoms with Gasteiger partial charge in [0.05, 0.1) is 0 Å². The minimum absolute atomic E-state index is 0.0842. The van der Waals surface area contributed by atoms with Crippen LogP contribution in [0.15, 0.2) is 12.2 Å². The van der Waals surface area contributed by atoms with E-state index >= 15 is 0 Å². The maximum Gasteiger partial charge on any atom is 0.303 e. The van der Waals surface area contributed by atoms with Crippen LogP contribution in [-0.4, -0.2) is 48.9 Å². The lowest BCUT2D eigenvalue weighted by atomic mass is 10.1. The van der Waals surface area contributed by atoms with Gasteiger partial charge in [0.2, 0.25) is 0 Å². The second-order valence-electron chi connectivity index (χ2n) is 4.62. The summed E-state index contributed by atoms with van der Waals surface area (Å²) in [7, 11) is 0. The van der Waals surface area contributed by atoms with Crippen molar-refractivity contribution in [2.45, 2.75) is 52.1 Å². The van der Waals surface area contributed by atoms with Crippen LogP contribution >= 0.6 is 0 Å². The van der Waals surface area contributed by atoms with Crippen LogP contribution in [0.4, 0.5) is 0 Å². The van der Waals surface area contributed by atoms with Crippen molar-refractivity contribution in [3.63, 3.8) is 0 Å². The Labute approximate surface area is 123 Å². The molecule has 1 fully saturated rings. The van der Waals surface area contributed by atoms with Gasteiger partial charge < -0.3 is 18.9 Å². The van der Waals surface area contributed by atoms with E-state index in [0.717, 1.165) is 0 Å². The first kappa shape index (κ1) is 17.2. The molecule has 0 saturated carbocycles. The first-order valence-corrected chi connectivity index (χ1v) is 6.61. The van der Waals surface area contributed by atoms with Crippen LogP contribution in [-0.2, 0) is 33.3 Å². The van der Waals surface area contributed by atoms with Crippen LogP contribution in [0.5, 0.6) is 0 Å². The number of carbonyl (C=O) groups is 3. The number of carbonyl (C=O) groups excluding carboxylic acids is 3. The summed E-state index contributed by atoms with van der Waals surface area (Å²) < 4.78 is 20.9. The van der Waals surface area contributed by atoms with Crippen LogP contribution in [0.25, 0.3) is 0 Å². The molecule has 1 heterocycles. The van der Waals surface area contributed by atoms with Crippen LogP contribution in [0, 0.1) is 0 Å². The van der Waals surface area contributed by atoms with Gasteiger partial charge in [0.25, 0.3) is 0 Å². The van der Waals surface area contributed by atoms with E-state index in [1.165, 1.54) is 20.8 Å². The number of ether oxygens (including phenoxy) is 4. The lowest BCUT2D eigenvalue weighted by molar-refractivity contribution is -0.165. The lowest BCUT2D eigenvalue weighted by Gasteiger charge is -2.22. The molecule has 1 saturated heterocycles. The average Bonchev–Trinajstić information content (AvgIpc) is 2.65. The maximum absolute atomic E-state index is 11.2. The van der Waals surface area contributed by atoms with E-state index in [2.05, 4.69) is 0 Å². The summed E-state index contributed by atoms with van der Waals surface area (Å²) >= 11 is 0. The van der Waals surface area contributed by atoms with Gasteiger partial charge in [-0.2, -0.15) is 0 Å². The van der Waals surface area contributed by atoms with Gasteiger partial charge in [0.15, 0.2) is 12.2 Å². The van der Waals surface area contributed by atoms with E-state index < -0.39 is 42.3 Å². The second-order valence-corrected chi connectivity index (χ2v) is 4.62. The predicted octanol–water partition coefficient (Wildman–Crippen LogP) is 0.756. The molecule has 21 heavy (non-hydrogen) atoms. The van der Waals surface area contributed by atoms with E-state index in [1.54, 1.807) is 19.1 Å². The average molecular weight is 300 g/mol. The van der Waals surface area contributed by atoms with Crippen LogP contribution in [0.1, 0.15) is 27.7 Å². The number of allylic oxidation sites excluding steroid dienone is 1. The third-order valence-corrected chi connectivity index (χ3v) is 2.78. The molecule has 0 unspecified atom stereocenters. The van der Waals surface area contributed by atoms with E-state index in [4.69, 9.17) is 18.9 Å². The molecule has 0 aromatic carbocycles. The molecule has 0 aromatic heterocycles. The molecule has 1 rings (SSSR count). The van der Waals surface area contributed by atoms with Gasteiger partial charge in [0.1, 0.15) is 18.8 Å². The first-order valence-electron chi connectivity index (χ1n) is 6.61. The largest absolute Gasteiger partial charge is 0.463 e. The zero-order chi connectivity index (χ0) is 16.0. The molecule has 1 aliphatic rings. The molecule has 7 nitrogen and oxygen atoms in total. The molecular formula is C14H20O7. The summed E-state index contributed by atoms with van der Waals surface area (Å²) in [6.45, 7) is 5.48. The fraction of sp³-hybridized carbons (Fsp3) is 0.643. The highest BCUT2D eigenvalue weighted by Gasteiger charge is 2.48. The Kier molecular flexibility index (Phi) is 6.36. The molecule has 0 radical (unpaired) electrons. The summed E-state index contributed by atoms with van der Waals surface area (Å²) in [5.74, 6) is -1.52. The van der Waals surface area contributed by atoms with Gasteiger partial charge >= 0.3 is 17.9 Å². The van der Waals surface area contributed by atoms with Crippen molar-refractivity contribution in [2.24, 2.45) is 0 Å². The van der Waals surface area contributed by atoms with Crippen LogP contribution in [0.3, 0.4) is 0 Å². The van der Waals surface area contributed by atoms with Crippen molar-refractivity contribution in [2.75, 3.05) is 6.61 Å². The van der Waals surface area contributed by atoms with Crippen molar-refractivity contribution < 1.29 is 33.3 Å². The number of rotatable bonds is 5. The third-order valence-electron chi connectivity index (χ3n) is 2.78. The molecular weight excluding hydrogens is 280 g/mol. The summed E-state index contributed by atoms with van der Waals surface area (Å²) in [6.07, 6.45) is 0.570. The smallest absolute Gasteiger partial charge is 0.303 e. The minimum atomic E-state index is -0.827. The van der Waals surface area contributed by atoms with Gasteiger partial charge in [-0.1, -0.05) is 12.2 Å². The molecule has 0 aliphatic carbocycles. The monoisotopic (exact) mass is 300 g/mol. The fourth-order valence-electron chi connectivity index (χ4n) is 2.09. The first-order chi connectivity index (χ1) is 9.85. The fourth-order valence-corrected chi connectivity index (χ4v) is 2.09. The van der Waals surface area contributed by atoms with Gasteiger partial charge in [-0.15, -0.1) is 0 Å². The van der Waals surface area contributed by atoms with Crippen molar-refractivity contribution in [3.05, 3.63) is 12.2 Å². The van der Waals surface area contributed by atoms with Crippen molar-refractivity contribution in [3.8, 4) is 0 Å². The highest BCUT2D eigenvalue weighted by molar-refractivity contribution is 5.68. The normalized spacial score (nSPS) is 28.4. The molecule has 7 heteroatoms. The SMILES string of the molecule is C/C=C/[C@@H]1O[C@H](COC(C)=O)[C@@H](OC(C)=O)[C@H]1OC(C)=O. The maximum atomic E-state index is 11.2. The van der Waals surface area contributed by atoms with Gasteiger partial charge in [0, 0.05) is 20.8 Å². The second kappa shape index (κ2) is 7.78. The van der Waals surface area contributed by atoms with Gasteiger partial charge in [-0.05, 0) is 6.92 Å². The van der Waals surface area contributed by atoms with Crippen molar-refractivity contribution in [1.82, 2.24) is 0 Å². The van der Waals surface area contributed by atoms with E-state index in [0.29, 0.717) is 0 Å². The van der Waals surface area contributed by atoms with E-state index in [-0.39, 0.29) is 6.61 Å². The topological polar surface area (TPSA) is 88.1 Å². The molecule has 0 N–H and O–H groups in total. The lowest BCUT2D eigenvalue weighted by Crippen LogP contribution is -2.40. The Morgan fingerprint density at radius 2 is 1.57 bits per heavy atom. The van der Waals surface area contributed by atoms with Crippen molar-refractivity contribution in [1.29, 1.82) is 0 Å². The van der Waals surface area contributed by atoms with Crippen LogP contribution in [0.2, 0.25) is 0 Å². The molecule has 0 spiro atoms. The van der Waals surface area contributed by atoms with Gasteiger partial charge in [-0.25, -0.2) is 0 Å². The quantitative estimate of drug-likeness (QED) is 0.420. The highest BCUT2D eigenvalue weighted by Crippen LogP contribution is 2.28. The minimum Gasteiger partial charge on any atom is -0.463 e. The number of hydrogen-bond acceptors (Lipinski definition) is 7. The molecule has 0 bridgehead atoms. The summed E-state index contributed by atoms with van der Waals surface area (Å²) in [5.41, 5.74) is 0. The predicted molar refractivity (Wildman–Crippen MR) is 71.2 cm³/mol. The molecule has 0 amide bonds. The number of esters is 3. The standard InChI is InChI=1S/C14H20O7/c1-5-6-11-13(19-9(3)16)14(20-10(4)17)12(21-11)7-18-8(2)15/h5-6,11-14H,7H2,1-4H3/b6-5+/t11-,12+,13-,14+/m0/s1. The number of hydrogen-bond donors (Lipinski definition) is 0. The Balaban J connectivity index is 2.92. The molecule has 4 atom stereocenters. The van der Waals surface area contributed by atoms with Crippen LogP contribution < -0.4 is 0 Å². The highest BCUT2D eigenvalue weighted by atomic mass is 16.6. The molecule has 1 aliphatic heterocycles. The van der Waals surface area contributed by atoms with E-state index in [9.17, 15) is 14.4 Å². The third kappa shape index (κ3) is 5.18. The van der Waals surface area contributed by atoms with Crippen molar-refractivity contribution >= 4 is 17.9 Å². The summed E-state index contributed by atoms with van der Waals surface area (Å²) in [4.78, 5) is 33.4. The Morgan fingerprint density at radius 3 is 2.05 bits per heavy atom. The molecule has 118 valence electrons. The Hall–Kier alpha value is -1.89. The Bertz CT molecular complexity index is 429. The Morgan fingerprint density at radius 1 is 1.00 bits per heavy atom. The van der Waals surface area contributed by atoms with E-state index in [1.807, 2.05) is 0 Å². The zero-order valence-electron chi connectivity index (χ0n) is 12.5. The summed E-state index contributed by atoms with van der Waals surface area (Å²) in [5, 5.41) is 0. The van der Waals surface area contributed by atoms with Gasteiger partial charge in [-0.3, -0.25) is 14.4 Å². The zero-order valence-corrected chi connectivity index (χ0v) is 12.5.